The quantitative estimate of drug-likeness (QED) is 0.567. The number of nitrogens with one attached hydrogen (secondary N) is 1. The number of amides is 1. The molecule has 1 amide bonds. The Morgan fingerprint density at radius 1 is 1.31 bits per heavy atom. The van der Waals surface area contributed by atoms with Gasteiger partial charge in [-0.1, -0.05) is 0 Å². The second-order valence-corrected chi connectivity index (χ2v) is 3.68. The fraction of sp³-hybridized carbons (Fsp3) is 0.667. The first-order valence-electron chi connectivity index (χ1n) is 4.51. The van der Waals surface area contributed by atoms with Crippen LogP contribution < -0.4 is 5.32 Å². The minimum Gasteiger partial charge on any atom is -0.481 e. The lowest BCUT2D eigenvalue weighted by atomic mass is 10.1. The normalized spacial score (nSPS) is 12.9. The first-order valence-corrected chi connectivity index (χ1v) is 4.51. The van der Waals surface area contributed by atoms with Crippen molar-refractivity contribution in [1.29, 1.82) is 0 Å². The monoisotopic (exact) mass is 233 g/mol. The molecule has 3 N–H and O–H groups in total. The van der Waals surface area contributed by atoms with Gasteiger partial charge in [0.1, 0.15) is 11.6 Å². The first kappa shape index (κ1) is 14.4. The third-order valence-corrected chi connectivity index (χ3v) is 2.04. The van der Waals surface area contributed by atoms with Crippen LogP contribution in [0.2, 0.25) is 0 Å². The predicted molar refractivity (Wildman–Crippen MR) is 52.9 cm³/mol. The maximum atomic E-state index is 11.5. The lowest BCUT2D eigenvalue weighted by Crippen LogP contribution is -2.51. The van der Waals surface area contributed by atoms with Crippen molar-refractivity contribution in [2.75, 3.05) is 7.11 Å². The highest BCUT2D eigenvalue weighted by atomic mass is 16.5. The molecule has 0 rings (SSSR count). The predicted octanol–water partition coefficient (Wildman–Crippen LogP) is -0.544. The second kappa shape index (κ2) is 5.45. The van der Waals surface area contributed by atoms with E-state index >= 15 is 0 Å². The van der Waals surface area contributed by atoms with Crippen LogP contribution in [0.1, 0.15) is 20.3 Å². The van der Waals surface area contributed by atoms with Gasteiger partial charge in [0, 0.05) is 7.11 Å². The van der Waals surface area contributed by atoms with Crippen LogP contribution in [-0.2, 0) is 19.1 Å². The molecular weight excluding hydrogens is 218 g/mol. The Morgan fingerprint density at radius 3 is 2.12 bits per heavy atom. The van der Waals surface area contributed by atoms with Gasteiger partial charge in [-0.2, -0.15) is 0 Å². The molecule has 0 aromatic carbocycles. The molecule has 0 radical (unpaired) electrons. The highest BCUT2D eigenvalue weighted by molar-refractivity contribution is 5.90. The van der Waals surface area contributed by atoms with Gasteiger partial charge in [0.15, 0.2) is 0 Å². The van der Waals surface area contributed by atoms with Crippen LogP contribution in [0.3, 0.4) is 0 Å². The molecule has 0 aliphatic heterocycles. The molecule has 0 saturated carbocycles. The van der Waals surface area contributed by atoms with Crippen molar-refractivity contribution < 1.29 is 29.3 Å². The molecular formula is C9H15NO6. The van der Waals surface area contributed by atoms with E-state index in [2.05, 4.69) is 5.32 Å². The van der Waals surface area contributed by atoms with Crippen LogP contribution in [0.15, 0.2) is 0 Å². The highest BCUT2D eigenvalue weighted by Crippen LogP contribution is 2.08. The zero-order valence-corrected chi connectivity index (χ0v) is 9.31. The van der Waals surface area contributed by atoms with Gasteiger partial charge in [-0.15, -0.1) is 0 Å². The molecule has 0 bridgehead atoms. The van der Waals surface area contributed by atoms with E-state index in [-0.39, 0.29) is 0 Å². The zero-order chi connectivity index (χ0) is 12.9. The SMILES string of the molecule is COC(C)(C)C(=O)N[C@H](CC(=O)O)C(=O)O. The van der Waals surface area contributed by atoms with Gasteiger partial charge >= 0.3 is 11.9 Å². The highest BCUT2D eigenvalue weighted by Gasteiger charge is 2.32. The van der Waals surface area contributed by atoms with Crippen LogP contribution in [0.4, 0.5) is 0 Å². The third-order valence-electron chi connectivity index (χ3n) is 2.04. The molecule has 7 nitrogen and oxygen atoms in total. The first-order chi connectivity index (χ1) is 7.20. The molecule has 0 fully saturated rings. The van der Waals surface area contributed by atoms with E-state index in [0.717, 1.165) is 0 Å². The van der Waals surface area contributed by atoms with Gasteiger partial charge in [-0.3, -0.25) is 9.59 Å². The fourth-order valence-corrected chi connectivity index (χ4v) is 0.799. The van der Waals surface area contributed by atoms with Gasteiger partial charge < -0.3 is 20.3 Å². The Kier molecular flexibility index (Phi) is 4.90. The summed E-state index contributed by atoms with van der Waals surface area (Å²) < 4.78 is 4.83. The molecule has 1 atom stereocenters. The van der Waals surface area contributed by atoms with E-state index in [1.807, 2.05) is 0 Å². The Balaban J connectivity index is 4.58. The molecule has 16 heavy (non-hydrogen) atoms. The Morgan fingerprint density at radius 2 is 1.81 bits per heavy atom. The second-order valence-electron chi connectivity index (χ2n) is 3.68. The largest absolute Gasteiger partial charge is 0.481 e. The van der Waals surface area contributed by atoms with Crippen molar-refractivity contribution in [2.45, 2.75) is 31.9 Å². The number of ether oxygens (including phenoxy) is 1. The van der Waals surface area contributed by atoms with Crippen LogP contribution in [0, 0.1) is 0 Å². The molecule has 0 spiro atoms. The van der Waals surface area contributed by atoms with Crippen LogP contribution >= 0.6 is 0 Å². The summed E-state index contributed by atoms with van der Waals surface area (Å²) in [5, 5.41) is 19.2. The van der Waals surface area contributed by atoms with E-state index in [4.69, 9.17) is 14.9 Å². The average Bonchev–Trinajstić information content (AvgIpc) is 2.15. The number of hydrogen-bond donors (Lipinski definition) is 3. The van der Waals surface area contributed by atoms with Crippen molar-refractivity contribution in [3.05, 3.63) is 0 Å². The van der Waals surface area contributed by atoms with Crippen molar-refractivity contribution in [3.8, 4) is 0 Å². The van der Waals surface area contributed by atoms with E-state index in [0.29, 0.717) is 0 Å². The number of methoxy groups -OCH3 is 1. The minimum atomic E-state index is -1.46. The fourth-order valence-electron chi connectivity index (χ4n) is 0.799. The summed E-state index contributed by atoms with van der Waals surface area (Å²) in [6.07, 6.45) is -0.680. The molecule has 7 heteroatoms. The lowest BCUT2D eigenvalue weighted by molar-refractivity contribution is -0.150. The number of aliphatic carboxylic acids is 2. The summed E-state index contributed by atoms with van der Waals surface area (Å²) in [6.45, 7) is 2.89. The number of hydrogen-bond acceptors (Lipinski definition) is 4. The van der Waals surface area contributed by atoms with Gasteiger partial charge in [0.2, 0.25) is 0 Å². The Bertz CT molecular complexity index is 298. The van der Waals surface area contributed by atoms with Crippen LogP contribution in [0.5, 0.6) is 0 Å². The molecule has 0 heterocycles. The lowest BCUT2D eigenvalue weighted by Gasteiger charge is -2.23. The molecule has 0 aliphatic rings. The molecule has 0 unspecified atom stereocenters. The average molecular weight is 233 g/mol. The summed E-state index contributed by atoms with van der Waals surface area (Å²) >= 11 is 0. The maximum Gasteiger partial charge on any atom is 0.326 e. The van der Waals surface area contributed by atoms with Crippen molar-refractivity contribution in [2.24, 2.45) is 0 Å². The minimum absolute atomic E-state index is 0.677. The molecule has 0 aliphatic carbocycles. The maximum absolute atomic E-state index is 11.5. The van der Waals surface area contributed by atoms with Crippen molar-refractivity contribution >= 4 is 17.8 Å². The number of carboxylic acids is 2. The summed E-state index contributed by atoms with van der Waals surface area (Å²) in [5.74, 6) is -3.38. The van der Waals surface area contributed by atoms with Crippen LogP contribution in [0.25, 0.3) is 0 Å². The van der Waals surface area contributed by atoms with Gasteiger partial charge in [0.05, 0.1) is 6.42 Å². The smallest absolute Gasteiger partial charge is 0.326 e. The number of carbonyl (C=O) groups is 3. The molecule has 0 aromatic rings. The summed E-state index contributed by atoms with van der Waals surface area (Å²) in [7, 11) is 1.30. The van der Waals surface area contributed by atoms with E-state index in [9.17, 15) is 14.4 Å². The van der Waals surface area contributed by atoms with E-state index in [1.54, 1.807) is 0 Å². The number of rotatable bonds is 6. The summed E-state index contributed by atoms with van der Waals surface area (Å²) in [6, 6.07) is -1.46. The molecule has 92 valence electrons. The number of carbonyl (C=O) groups excluding carboxylic acids is 1. The Hall–Kier alpha value is -1.63. The van der Waals surface area contributed by atoms with Crippen molar-refractivity contribution in [1.82, 2.24) is 5.32 Å². The van der Waals surface area contributed by atoms with Crippen molar-refractivity contribution in [3.63, 3.8) is 0 Å². The van der Waals surface area contributed by atoms with Gasteiger partial charge in [-0.25, -0.2) is 4.79 Å². The van der Waals surface area contributed by atoms with Gasteiger partial charge in [-0.05, 0) is 13.8 Å². The standard InChI is InChI=1S/C9H15NO6/c1-9(2,16-3)8(15)10-5(7(13)14)4-6(11)12/h5H,4H2,1-3H3,(H,10,15)(H,11,12)(H,13,14)/t5-/m1/s1. The topological polar surface area (TPSA) is 113 Å². The van der Waals surface area contributed by atoms with Crippen LogP contribution in [-0.4, -0.2) is 46.8 Å². The Labute approximate surface area is 92.4 Å². The summed E-state index contributed by atoms with van der Waals surface area (Å²) in [4.78, 5) is 32.5. The molecule has 0 saturated heterocycles. The third kappa shape index (κ3) is 4.26. The van der Waals surface area contributed by atoms with Gasteiger partial charge in [0.25, 0.3) is 5.91 Å². The van der Waals surface area contributed by atoms with E-state index in [1.165, 1.54) is 21.0 Å². The van der Waals surface area contributed by atoms with E-state index < -0.39 is 35.9 Å². The zero-order valence-electron chi connectivity index (χ0n) is 9.31. The number of carboxylic acid groups (broad SMARTS) is 2. The molecule has 0 aromatic heterocycles. The summed E-state index contributed by atoms with van der Waals surface area (Å²) in [5.41, 5.74) is -1.20.